The highest BCUT2D eigenvalue weighted by Crippen LogP contribution is 2.30. The summed E-state index contributed by atoms with van der Waals surface area (Å²) in [6.45, 7) is 3.53. The number of anilines is 1. The standard InChI is InChI=1S/C27H29N5O2/c1-19(20-8-4-3-5-9-20)29-27(33)22-11-7-14-31(18-22)26-25-17-24(30-32(25)15-13-28-26)21-10-6-12-23(16-21)34-2/h3-6,8-10,12-13,15-17,19,22H,7,11,14,18H2,1-2H3,(H,29,33)/t19-,22+/m1/s1. The molecule has 2 atom stereocenters. The lowest BCUT2D eigenvalue weighted by molar-refractivity contribution is -0.125. The van der Waals surface area contributed by atoms with Gasteiger partial charge in [0, 0.05) is 31.0 Å². The highest BCUT2D eigenvalue weighted by Gasteiger charge is 2.28. The Labute approximate surface area is 199 Å². The molecule has 2 aromatic heterocycles. The summed E-state index contributed by atoms with van der Waals surface area (Å²) >= 11 is 0. The van der Waals surface area contributed by atoms with Crippen molar-refractivity contribution in [2.45, 2.75) is 25.8 Å². The molecule has 5 rings (SSSR count). The van der Waals surface area contributed by atoms with Crippen molar-refractivity contribution < 1.29 is 9.53 Å². The zero-order valence-electron chi connectivity index (χ0n) is 19.5. The van der Waals surface area contributed by atoms with Crippen LogP contribution in [-0.4, -0.2) is 40.7 Å². The normalized spacial score (nSPS) is 16.9. The average Bonchev–Trinajstić information content (AvgIpc) is 3.34. The Balaban J connectivity index is 1.36. The fourth-order valence-electron chi connectivity index (χ4n) is 4.62. The number of hydrogen-bond donors (Lipinski definition) is 1. The average molecular weight is 456 g/mol. The molecule has 1 saturated heterocycles. The fourth-order valence-corrected chi connectivity index (χ4v) is 4.62. The number of carbonyl (C=O) groups is 1. The second-order valence-electron chi connectivity index (χ2n) is 8.77. The van der Waals surface area contributed by atoms with Crippen LogP contribution in [0.1, 0.15) is 31.4 Å². The van der Waals surface area contributed by atoms with Crippen LogP contribution in [0.15, 0.2) is 73.1 Å². The van der Waals surface area contributed by atoms with Crippen LogP contribution in [0, 0.1) is 5.92 Å². The molecule has 0 bridgehead atoms. The number of ether oxygens (including phenoxy) is 1. The Kier molecular flexibility index (Phi) is 6.16. The van der Waals surface area contributed by atoms with Gasteiger partial charge in [-0.25, -0.2) is 9.50 Å². The van der Waals surface area contributed by atoms with Crippen molar-refractivity contribution in [1.82, 2.24) is 19.9 Å². The van der Waals surface area contributed by atoms with E-state index in [1.165, 1.54) is 0 Å². The lowest BCUT2D eigenvalue weighted by atomic mass is 9.96. The molecule has 1 aliphatic rings. The van der Waals surface area contributed by atoms with Gasteiger partial charge in [-0.05, 0) is 43.5 Å². The van der Waals surface area contributed by atoms with Crippen molar-refractivity contribution in [3.05, 3.63) is 78.6 Å². The molecule has 1 N–H and O–H groups in total. The number of benzene rings is 2. The first kappa shape index (κ1) is 21.9. The second kappa shape index (κ2) is 9.55. The highest BCUT2D eigenvalue weighted by molar-refractivity contribution is 5.81. The molecule has 2 aromatic carbocycles. The first-order chi connectivity index (χ1) is 16.6. The topological polar surface area (TPSA) is 71.8 Å². The summed E-state index contributed by atoms with van der Waals surface area (Å²) in [5.74, 6) is 1.67. The number of fused-ring (bicyclic) bond motifs is 1. The van der Waals surface area contributed by atoms with Crippen LogP contribution in [-0.2, 0) is 4.79 Å². The van der Waals surface area contributed by atoms with Crippen LogP contribution < -0.4 is 15.0 Å². The van der Waals surface area contributed by atoms with Gasteiger partial charge >= 0.3 is 0 Å². The summed E-state index contributed by atoms with van der Waals surface area (Å²) < 4.78 is 7.23. The van der Waals surface area contributed by atoms with E-state index < -0.39 is 0 Å². The van der Waals surface area contributed by atoms with Gasteiger partial charge in [0.1, 0.15) is 11.3 Å². The number of nitrogens with one attached hydrogen (secondary N) is 1. The molecule has 174 valence electrons. The number of hydrogen-bond acceptors (Lipinski definition) is 5. The zero-order chi connectivity index (χ0) is 23.5. The summed E-state index contributed by atoms with van der Waals surface area (Å²) in [6, 6.07) is 20.0. The molecule has 1 aliphatic heterocycles. The van der Waals surface area contributed by atoms with Gasteiger partial charge in [-0.3, -0.25) is 4.79 Å². The van der Waals surface area contributed by atoms with Crippen LogP contribution in [0.2, 0.25) is 0 Å². The number of aromatic nitrogens is 3. The van der Waals surface area contributed by atoms with Gasteiger partial charge in [0.25, 0.3) is 0 Å². The van der Waals surface area contributed by atoms with Gasteiger partial charge < -0.3 is 15.0 Å². The quantitative estimate of drug-likeness (QED) is 0.464. The Bertz CT molecular complexity index is 1290. The van der Waals surface area contributed by atoms with Crippen molar-refractivity contribution in [2.24, 2.45) is 5.92 Å². The molecular formula is C27H29N5O2. The van der Waals surface area contributed by atoms with E-state index in [-0.39, 0.29) is 17.9 Å². The summed E-state index contributed by atoms with van der Waals surface area (Å²) in [6.07, 6.45) is 5.45. The minimum atomic E-state index is -0.0808. The number of nitrogens with zero attached hydrogens (tertiary/aromatic N) is 4. The van der Waals surface area contributed by atoms with Gasteiger partial charge in [-0.15, -0.1) is 0 Å². The molecule has 0 saturated carbocycles. The third kappa shape index (κ3) is 4.46. The monoisotopic (exact) mass is 455 g/mol. The molecule has 3 heterocycles. The number of amides is 1. The van der Waals surface area contributed by atoms with E-state index in [0.29, 0.717) is 6.54 Å². The predicted octanol–water partition coefficient (Wildman–Crippen LogP) is 4.50. The molecule has 34 heavy (non-hydrogen) atoms. The Hall–Kier alpha value is -3.87. The minimum Gasteiger partial charge on any atom is -0.497 e. The van der Waals surface area contributed by atoms with Crippen LogP contribution >= 0.6 is 0 Å². The highest BCUT2D eigenvalue weighted by atomic mass is 16.5. The van der Waals surface area contributed by atoms with E-state index in [9.17, 15) is 4.79 Å². The van der Waals surface area contributed by atoms with Crippen molar-refractivity contribution in [3.8, 4) is 17.0 Å². The molecule has 1 amide bonds. The van der Waals surface area contributed by atoms with Crippen LogP contribution in [0.5, 0.6) is 5.75 Å². The molecule has 0 aliphatic carbocycles. The zero-order valence-corrected chi connectivity index (χ0v) is 19.5. The number of methoxy groups -OCH3 is 1. The van der Waals surface area contributed by atoms with E-state index in [1.807, 2.05) is 72.2 Å². The van der Waals surface area contributed by atoms with Gasteiger partial charge in [0.2, 0.25) is 5.91 Å². The maximum atomic E-state index is 13.1. The first-order valence-electron chi connectivity index (χ1n) is 11.7. The third-order valence-electron chi connectivity index (χ3n) is 6.49. The predicted molar refractivity (Wildman–Crippen MR) is 133 cm³/mol. The molecule has 1 fully saturated rings. The van der Waals surface area contributed by atoms with Crippen molar-refractivity contribution in [2.75, 3.05) is 25.1 Å². The molecule has 0 radical (unpaired) electrons. The molecular weight excluding hydrogens is 426 g/mol. The molecule has 4 aromatic rings. The SMILES string of the molecule is COc1cccc(-c2cc3c(N4CCC[C@H](C(=O)N[C@H](C)c5ccccc5)C4)nccn3n2)c1. The summed E-state index contributed by atoms with van der Waals surface area (Å²) in [4.78, 5) is 20.0. The molecule has 0 spiro atoms. The van der Waals surface area contributed by atoms with Crippen molar-refractivity contribution in [3.63, 3.8) is 0 Å². The van der Waals surface area contributed by atoms with Crippen molar-refractivity contribution >= 4 is 17.2 Å². The summed E-state index contributed by atoms with van der Waals surface area (Å²) in [7, 11) is 1.66. The largest absolute Gasteiger partial charge is 0.497 e. The Morgan fingerprint density at radius 3 is 2.82 bits per heavy atom. The fraction of sp³-hybridized carbons (Fsp3) is 0.296. The minimum absolute atomic E-state index is 0.0223. The van der Waals surface area contributed by atoms with Gasteiger partial charge in [0.15, 0.2) is 5.82 Å². The summed E-state index contributed by atoms with van der Waals surface area (Å²) in [5.41, 5.74) is 3.88. The van der Waals surface area contributed by atoms with Gasteiger partial charge in [0.05, 0.1) is 24.8 Å². The van der Waals surface area contributed by atoms with Crippen LogP contribution in [0.4, 0.5) is 5.82 Å². The molecule has 0 unspecified atom stereocenters. The number of rotatable bonds is 6. The van der Waals surface area contributed by atoms with Gasteiger partial charge in [-0.2, -0.15) is 5.10 Å². The van der Waals surface area contributed by atoms with E-state index in [2.05, 4.69) is 21.3 Å². The Morgan fingerprint density at radius 2 is 2.00 bits per heavy atom. The lowest BCUT2D eigenvalue weighted by Gasteiger charge is -2.33. The van der Waals surface area contributed by atoms with E-state index in [0.717, 1.165) is 53.3 Å². The second-order valence-corrected chi connectivity index (χ2v) is 8.77. The van der Waals surface area contributed by atoms with E-state index in [1.54, 1.807) is 13.3 Å². The van der Waals surface area contributed by atoms with E-state index in [4.69, 9.17) is 9.84 Å². The van der Waals surface area contributed by atoms with E-state index >= 15 is 0 Å². The van der Waals surface area contributed by atoms with Crippen molar-refractivity contribution in [1.29, 1.82) is 0 Å². The van der Waals surface area contributed by atoms with Gasteiger partial charge in [-0.1, -0.05) is 42.5 Å². The smallest absolute Gasteiger partial charge is 0.225 e. The maximum absolute atomic E-state index is 13.1. The first-order valence-corrected chi connectivity index (χ1v) is 11.7. The maximum Gasteiger partial charge on any atom is 0.225 e. The number of carbonyl (C=O) groups excluding carboxylic acids is 1. The Morgan fingerprint density at radius 1 is 1.15 bits per heavy atom. The molecule has 7 heteroatoms. The summed E-state index contributed by atoms with van der Waals surface area (Å²) in [5, 5.41) is 7.95. The van der Waals surface area contributed by atoms with Crippen LogP contribution in [0.25, 0.3) is 16.8 Å². The third-order valence-corrected chi connectivity index (χ3v) is 6.49. The lowest BCUT2D eigenvalue weighted by Crippen LogP contribution is -2.44. The van der Waals surface area contributed by atoms with Crippen LogP contribution in [0.3, 0.4) is 0 Å². The molecule has 7 nitrogen and oxygen atoms in total. The number of piperidine rings is 1.